The number of rotatable bonds is 4. The van der Waals surface area contributed by atoms with Crippen LogP contribution in [0.25, 0.3) is 0 Å². The SMILES string of the molecule is N#CC1C2=C(CN(C(=O)OCc3cccnc3)CC2)SC1NC(=O)c1ccccc1. The van der Waals surface area contributed by atoms with Crippen LogP contribution < -0.4 is 5.32 Å². The highest BCUT2D eigenvalue weighted by atomic mass is 32.2. The van der Waals surface area contributed by atoms with Gasteiger partial charge in [0.05, 0.1) is 23.9 Å². The fourth-order valence-electron chi connectivity index (χ4n) is 3.53. The van der Waals surface area contributed by atoms with Gasteiger partial charge < -0.3 is 15.0 Å². The highest BCUT2D eigenvalue weighted by Crippen LogP contribution is 2.44. The maximum Gasteiger partial charge on any atom is 0.410 e. The Morgan fingerprint density at radius 2 is 2.10 bits per heavy atom. The zero-order valence-electron chi connectivity index (χ0n) is 16.2. The van der Waals surface area contributed by atoms with E-state index in [0.29, 0.717) is 25.1 Å². The molecule has 152 valence electrons. The summed E-state index contributed by atoms with van der Waals surface area (Å²) in [6.45, 7) is 1.04. The van der Waals surface area contributed by atoms with Crippen LogP contribution in [0.5, 0.6) is 0 Å². The number of benzene rings is 1. The van der Waals surface area contributed by atoms with Gasteiger partial charge in [-0.1, -0.05) is 24.3 Å². The Hall–Kier alpha value is -3.31. The number of nitrogens with zero attached hydrogens (tertiary/aromatic N) is 3. The topological polar surface area (TPSA) is 95.3 Å². The molecule has 0 spiro atoms. The standard InChI is InChI=1S/C22H20N4O3S/c23-11-18-17-8-10-26(22(28)29-14-15-5-4-9-24-12-15)13-19(17)30-21(18)25-20(27)16-6-2-1-3-7-16/h1-7,9,12,18,21H,8,10,13-14H2,(H,25,27). The number of nitriles is 1. The summed E-state index contributed by atoms with van der Waals surface area (Å²) in [5.74, 6) is -0.604. The smallest absolute Gasteiger partial charge is 0.410 e. The van der Waals surface area contributed by atoms with Crippen molar-refractivity contribution in [1.29, 1.82) is 5.26 Å². The summed E-state index contributed by atoms with van der Waals surface area (Å²) >= 11 is 1.45. The summed E-state index contributed by atoms with van der Waals surface area (Å²) in [7, 11) is 0. The first-order valence-corrected chi connectivity index (χ1v) is 10.5. The second-order valence-corrected chi connectivity index (χ2v) is 8.26. The van der Waals surface area contributed by atoms with Crippen molar-refractivity contribution in [3.63, 3.8) is 0 Å². The van der Waals surface area contributed by atoms with Gasteiger partial charge in [-0.2, -0.15) is 5.26 Å². The molecular formula is C22H20N4O3S. The summed E-state index contributed by atoms with van der Waals surface area (Å²) in [5.41, 5.74) is 2.39. The predicted octanol–water partition coefficient (Wildman–Crippen LogP) is 3.32. The third-order valence-electron chi connectivity index (χ3n) is 5.08. The fourth-order valence-corrected chi connectivity index (χ4v) is 4.98. The lowest BCUT2D eigenvalue weighted by Crippen LogP contribution is -2.37. The molecule has 30 heavy (non-hydrogen) atoms. The lowest BCUT2D eigenvalue weighted by Gasteiger charge is -2.27. The van der Waals surface area contributed by atoms with Gasteiger partial charge in [-0.15, -0.1) is 11.8 Å². The molecule has 2 aliphatic rings. The average Bonchev–Trinajstić information content (AvgIpc) is 3.14. The number of hydrogen-bond donors (Lipinski definition) is 1. The van der Waals surface area contributed by atoms with Crippen LogP contribution in [-0.4, -0.2) is 40.3 Å². The summed E-state index contributed by atoms with van der Waals surface area (Å²) in [4.78, 5) is 31.6. The van der Waals surface area contributed by atoms with E-state index in [9.17, 15) is 14.9 Å². The van der Waals surface area contributed by atoms with Crippen LogP contribution in [0.3, 0.4) is 0 Å². The Morgan fingerprint density at radius 3 is 2.83 bits per heavy atom. The number of carbonyl (C=O) groups excluding carboxylic acids is 2. The zero-order valence-corrected chi connectivity index (χ0v) is 17.0. The van der Waals surface area contributed by atoms with E-state index in [1.807, 2.05) is 12.1 Å². The monoisotopic (exact) mass is 420 g/mol. The predicted molar refractivity (Wildman–Crippen MR) is 112 cm³/mol. The third-order valence-corrected chi connectivity index (χ3v) is 6.40. The van der Waals surface area contributed by atoms with Crippen LogP contribution >= 0.6 is 11.8 Å². The van der Waals surface area contributed by atoms with Gasteiger partial charge in [0.1, 0.15) is 6.61 Å². The van der Waals surface area contributed by atoms with Gasteiger partial charge in [-0.25, -0.2) is 4.79 Å². The second-order valence-electron chi connectivity index (χ2n) is 7.02. The molecule has 2 atom stereocenters. The van der Waals surface area contributed by atoms with Crippen LogP contribution in [0.1, 0.15) is 22.3 Å². The first-order chi connectivity index (χ1) is 14.7. The lowest BCUT2D eigenvalue weighted by molar-refractivity contribution is 0.0947. The minimum atomic E-state index is -0.397. The van der Waals surface area contributed by atoms with Crippen molar-refractivity contribution in [1.82, 2.24) is 15.2 Å². The summed E-state index contributed by atoms with van der Waals surface area (Å²) in [6.07, 6.45) is 3.53. The molecular weight excluding hydrogens is 400 g/mol. The number of hydrogen-bond acceptors (Lipinski definition) is 6. The van der Waals surface area contributed by atoms with Crippen LogP contribution in [0, 0.1) is 17.2 Å². The molecule has 2 unspecified atom stereocenters. The Balaban J connectivity index is 1.37. The van der Waals surface area contributed by atoms with E-state index in [1.54, 1.807) is 47.6 Å². The molecule has 7 nitrogen and oxygen atoms in total. The normalized spacial score (nSPS) is 20.3. The van der Waals surface area contributed by atoms with Crippen LogP contribution in [0.2, 0.25) is 0 Å². The van der Waals surface area contributed by atoms with Gasteiger partial charge in [0.25, 0.3) is 5.91 Å². The van der Waals surface area contributed by atoms with E-state index in [4.69, 9.17) is 4.74 Å². The van der Waals surface area contributed by atoms with E-state index in [-0.39, 0.29) is 17.9 Å². The molecule has 1 N–H and O–H groups in total. The van der Waals surface area contributed by atoms with E-state index < -0.39 is 12.0 Å². The fraction of sp³-hybridized carbons (Fsp3) is 0.273. The van der Waals surface area contributed by atoms with Crippen molar-refractivity contribution < 1.29 is 14.3 Å². The minimum absolute atomic E-state index is 0.165. The molecule has 0 bridgehead atoms. The molecule has 0 saturated carbocycles. The Kier molecular flexibility index (Phi) is 6.00. The molecule has 2 amide bonds. The number of aromatic nitrogens is 1. The van der Waals surface area contributed by atoms with Crippen molar-refractivity contribution in [3.8, 4) is 6.07 Å². The van der Waals surface area contributed by atoms with E-state index in [1.165, 1.54) is 11.8 Å². The second kappa shape index (κ2) is 9.01. The molecule has 0 radical (unpaired) electrons. The molecule has 2 aromatic rings. The van der Waals surface area contributed by atoms with Crippen molar-refractivity contribution in [2.24, 2.45) is 5.92 Å². The van der Waals surface area contributed by atoms with Gasteiger partial charge in [-0.3, -0.25) is 9.78 Å². The lowest BCUT2D eigenvalue weighted by atomic mass is 9.94. The van der Waals surface area contributed by atoms with Crippen molar-refractivity contribution >= 4 is 23.8 Å². The van der Waals surface area contributed by atoms with Gasteiger partial charge in [0.15, 0.2) is 0 Å². The maximum atomic E-state index is 12.5. The first-order valence-electron chi connectivity index (χ1n) is 9.60. The number of pyridine rings is 1. The molecule has 8 heteroatoms. The van der Waals surface area contributed by atoms with Crippen molar-refractivity contribution in [2.75, 3.05) is 13.1 Å². The quantitative estimate of drug-likeness (QED) is 0.815. The largest absolute Gasteiger partial charge is 0.444 e. The van der Waals surface area contributed by atoms with Crippen molar-refractivity contribution in [2.45, 2.75) is 18.4 Å². The van der Waals surface area contributed by atoms with Gasteiger partial charge in [0.2, 0.25) is 0 Å². The highest BCUT2D eigenvalue weighted by molar-refractivity contribution is 8.04. The van der Waals surface area contributed by atoms with E-state index in [2.05, 4.69) is 16.4 Å². The van der Waals surface area contributed by atoms with Gasteiger partial charge in [-0.05, 0) is 30.2 Å². The number of carbonyl (C=O) groups is 2. The van der Waals surface area contributed by atoms with Crippen LogP contribution in [0.15, 0.2) is 65.3 Å². The van der Waals surface area contributed by atoms with Crippen LogP contribution in [0.4, 0.5) is 4.79 Å². The van der Waals surface area contributed by atoms with E-state index in [0.717, 1.165) is 16.0 Å². The summed E-state index contributed by atoms with van der Waals surface area (Å²) in [6, 6.07) is 14.9. The summed E-state index contributed by atoms with van der Waals surface area (Å²) in [5, 5.41) is 12.3. The van der Waals surface area contributed by atoms with E-state index >= 15 is 0 Å². The first kappa shape index (κ1) is 20.0. The molecule has 1 aromatic carbocycles. The Bertz CT molecular complexity index is 1000. The molecule has 3 heterocycles. The molecule has 2 aliphatic heterocycles. The molecule has 0 saturated heterocycles. The number of ether oxygens (including phenoxy) is 1. The Morgan fingerprint density at radius 1 is 1.27 bits per heavy atom. The van der Waals surface area contributed by atoms with Crippen molar-refractivity contribution in [3.05, 3.63) is 76.5 Å². The third kappa shape index (κ3) is 4.31. The van der Waals surface area contributed by atoms with Gasteiger partial charge in [0, 0.05) is 35.0 Å². The molecule has 0 fully saturated rings. The molecule has 1 aromatic heterocycles. The molecule has 4 rings (SSSR count). The number of amides is 2. The summed E-state index contributed by atoms with van der Waals surface area (Å²) < 4.78 is 5.40. The number of thioether (sulfide) groups is 1. The van der Waals surface area contributed by atoms with Crippen LogP contribution in [-0.2, 0) is 11.3 Å². The minimum Gasteiger partial charge on any atom is -0.444 e. The number of nitrogens with one attached hydrogen (secondary N) is 1. The Labute approximate surface area is 178 Å². The highest BCUT2D eigenvalue weighted by Gasteiger charge is 2.40. The zero-order chi connectivity index (χ0) is 20.9. The maximum absolute atomic E-state index is 12.5. The molecule has 0 aliphatic carbocycles. The van der Waals surface area contributed by atoms with Gasteiger partial charge >= 0.3 is 6.09 Å². The average molecular weight is 420 g/mol.